The molecule has 94 valence electrons. The van der Waals surface area contributed by atoms with Crippen LogP contribution in [-0.4, -0.2) is 7.05 Å². The Labute approximate surface area is 118 Å². The molecule has 0 unspecified atom stereocenters. The third kappa shape index (κ3) is 2.63. The molecule has 18 heavy (non-hydrogen) atoms. The minimum absolute atomic E-state index is 0.451. The van der Waals surface area contributed by atoms with Crippen molar-refractivity contribution >= 4 is 34.6 Å². The van der Waals surface area contributed by atoms with Crippen molar-refractivity contribution in [2.45, 2.75) is 12.8 Å². The molecule has 1 nitrogen and oxygen atoms in total. The van der Waals surface area contributed by atoms with Crippen molar-refractivity contribution < 1.29 is 0 Å². The molecule has 2 rings (SSSR count). The first-order valence-electron chi connectivity index (χ1n) is 5.77. The van der Waals surface area contributed by atoms with Gasteiger partial charge in [-0.05, 0) is 42.3 Å². The number of aryl methyl sites for hydroxylation is 1. The van der Waals surface area contributed by atoms with Crippen LogP contribution >= 0.6 is 23.2 Å². The van der Waals surface area contributed by atoms with Crippen molar-refractivity contribution in [2.75, 3.05) is 11.9 Å². The number of nitrogens with zero attached hydrogens (tertiary/aromatic N) is 1. The van der Waals surface area contributed by atoms with Gasteiger partial charge in [-0.3, -0.25) is 0 Å². The number of rotatable bonds is 3. The zero-order valence-electron chi connectivity index (χ0n) is 10.5. The van der Waals surface area contributed by atoms with Gasteiger partial charge in [0.2, 0.25) is 0 Å². The monoisotopic (exact) mass is 279 g/mol. The number of anilines is 2. The van der Waals surface area contributed by atoms with Crippen LogP contribution in [0.1, 0.15) is 11.1 Å². The third-order valence-corrected chi connectivity index (χ3v) is 3.55. The minimum Gasteiger partial charge on any atom is -0.344 e. The zero-order valence-corrected chi connectivity index (χ0v) is 12.0. The molecule has 0 N–H and O–H groups in total. The first kappa shape index (κ1) is 13.3. The molecule has 0 aliphatic rings. The summed E-state index contributed by atoms with van der Waals surface area (Å²) in [6.45, 7) is 2.10. The van der Waals surface area contributed by atoms with Crippen LogP contribution in [0.15, 0.2) is 42.5 Å². The molecule has 0 saturated carbocycles. The number of hydrogen-bond acceptors (Lipinski definition) is 1. The second-order valence-corrected chi connectivity index (χ2v) is 4.96. The normalized spacial score (nSPS) is 10.4. The van der Waals surface area contributed by atoms with Crippen molar-refractivity contribution in [3.8, 4) is 0 Å². The fourth-order valence-electron chi connectivity index (χ4n) is 2.06. The smallest absolute Gasteiger partial charge is 0.0495 e. The highest BCUT2D eigenvalue weighted by Gasteiger charge is 2.10. The number of para-hydroxylation sites is 1. The van der Waals surface area contributed by atoms with Gasteiger partial charge in [0.05, 0.1) is 0 Å². The van der Waals surface area contributed by atoms with E-state index in [1.54, 1.807) is 0 Å². The van der Waals surface area contributed by atoms with Crippen LogP contribution in [0.25, 0.3) is 0 Å². The molecule has 2 aromatic carbocycles. The first-order chi connectivity index (χ1) is 8.63. The number of benzene rings is 2. The van der Waals surface area contributed by atoms with Gasteiger partial charge in [0, 0.05) is 29.3 Å². The van der Waals surface area contributed by atoms with Crippen LogP contribution < -0.4 is 4.90 Å². The van der Waals surface area contributed by atoms with Crippen LogP contribution in [0.2, 0.25) is 5.02 Å². The Kier molecular flexibility index (Phi) is 4.15. The van der Waals surface area contributed by atoms with Crippen molar-refractivity contribution in [1.29, 1.82) is 0 Å². The molecule has 0 fully saturated rings. The highest BCUT2D eigenvalue weighted by atomic mass is 35.5. The van der Waals surface area contributed by atoms with Crippen LogP contribution in [0.4, 0.5) is 11.4 Å². The predicted octanol–water partition coefficient (Wildman–Crippen LogP) is 5.16. The number of halogens is 2. The molecule has 0 aliphatic heterocycles. The SMILES string of the molecule is Cc1ccccc1N(C)c1ccc(Cl)cc1CCl. The molecule has 0 heterocycles. The fourth-order valence-corrected chi connectivity index (χ4v) is 2.47. The summed E-state index contributed by atoms with van der Waals surface area (Å²) in [5, 5.41) is 0.715. The van der Waals surface area contributed by atoms with Gasteiger partial charge in [-0.1, -0.05) is 29.8 Å². The Balaban J connectivity index is 2.46. The van der Waals surface area contributed by atoms with E-state index in [-0.39, 0.29) is 0 Å². The molecule has 0 aliphatic carbocycles. The van der Waals surface area contributed by atoms with Gasteiger partial charge in [0.25, 0.3) is 0 Å². The summed E-state index contributed by atoms with van der Waals surface area (Å²) in [5.41, 5.74) is 4.53. The van der Waals surface area contributed by atoms with Gasteiger partial charge < -0.3 is 4.90 Å². The second-order valence-electron chi connectivity index (χ2n) is 4.25. The van der Waals surface area contributed by atoms with Crippen molar-refractivity contribution in [2.24, 2.45) is 0 Å². The second kappa shape index (κ2) is 5.64. The maximum absolute atomic E-state index is 6.00. The van der Waals surface area contributed by atoms with Gasteiger partial charge in [0.1, 0.15) is 0 Å². The van der Waals surface area contributed by atoms with Crippen LogP contribution in [0.3, 0.4) is 0 Å². The van der Waals surface area contributed by atoms with Gasteiger partial charge >= 0.3 is 0 Å². The maximum atomic E-state index is 6.00. The summed E-state index contributed by atoms with van der Waals surface area (Å²) in [6, 6.07) is 14.1. The summed E-state index contributed by atoms with van der Waals surface area (Å²) < 4.78 is 0. The van der Waals surface area contributed by atoms with E-state index in [0.29, 0.717) is 10.9 Å². The number of alkyl halides is 1. The van der Waals surface area contributed by atoms with Gasteiger partial charge in [-0.25, -0.2) is 0 Å². The van der Waals surface area contributed by atoms with E-state index < -0.39 is 0 Å². The molecule has 0 bridgehead atoms. The molecule has 2 aromatic rings. The quantitative estimate of drug-likeness (QED) is 0.702. The molecule has 3 heteroatoms. The average molecular weight is 280 g/mol. The highest BCUT2D eigenvalue weighted by molar-refractivity contribution is 6.30. The van der Waals surface area contributed by atoms with Gasteiger partial charge in [-0.2, -0.15) is 0 Å². The van der Waals surface area contributed by atoms with E-state index in [2.05, 4.69) is 24.0 Å². The standard InChI is InChI=1S/C15H15Cl2N/c1-11-5-3-4-6-14(11)18(2)15-8-7-13(17)9-12(15)10-16/h3-9H,10H2,1-2H3. The Bertz CT molecular complexity index is 552. The van der Waals surface area contributed by atoms with Crippen LogP contribution in [0.5, 0.6) is 0 Å². The summed E-state index contributed by atoms with van der Waals surface area (Å²) in [4.78, 5) is 2.14. The third-order valence-electron chi connectivity index (χ3n) is 3.02. The zero-order chi connectivity index (χ0) is 13.1. The summed E-state index contributed by atoms with van der Waals surface area (Å²) in [7, 11) is 2.04. The Morgan fingerprint density at radius 3 is 2.44 bits per heavy atom. The van der Waals surface area contributed by atoms with Crippen molar-refractivity contribution in [3.05, 3.63) is 58.6 Å². The minimum atomic E-state index is 0.451. The lowest BCUT2D eigenvalue weighted by atomic mass is 10.1. The lowest BCUT2D eigenvalue weighted by molar-refractivity contribution is 1.16. The highest BCUT2D eigenvalue weighted by Crippen LogP contribution is 2.31. The van der Waals surface area contributed by atoms with E-state index in [1.165, 1.54) is 11.3 Å². The fraction of sp³-hybridized carbons (Fsp3) is 0.200. The Hall–Kier alpha value is -1.18. The molecule has 0 radical (unpaired) electrons. The molecule has 0 saturated heterocycles. The molecule has 0 amide bonds. The van der Waals surface area contributed by atoms with Crippen molar-refractivity contribution in [1.82, 2.24) is 0 Å². The molecule has 0 aromatic heterocycles. The molecular weight excluding hydrogens is 265 g/mol. The summed E-state index contributed by atoms with van der Waals surface area (Å²) in [5.74, 6) is 0.451. The molecule has 0 spiro atoms. The van der Waals surface area contributed by atoms with E-state index in [9.17, 15) is 0 Å². The summed E-state index contributed by atoms with van der Waals surface area (Å²) in [6.07, 6.45) is 0. The first-order valence-corrected chi connectivity index (χ1v) is 6.68. The molecular formula is C15H15Cl2N. The predicted molar refractivity (Wildman–Crippen MR) is 80.3 cm³/mol. The van der Waals surface area contributed by atoms with E-state index in [1.807, 2.05) is 37.4 Å². The summed E-state index contributed by atoms with van der Waals surface area (Å²) >= 11 is 12.0. The van der Waals surface area contributed by atoms with E-state index >= 15 is 0 Å². The lowest BCUT2D eigenvalue weighted by Gasteiger charge is -2.24. The van der Waals surface area contributed by atoms with Crippen molar-refractivity contribution in [3.63, 3.8) is 0 Å². The van der Waals surface area contributed by atoms with Gasteiger partial charge in [-0.15, -0.1) is 11.6 Å². The van der Waals surface area contributed by atoms with Crippen LogP contribution in [0, 0.1) is 6.92 Å². The topological polar surface area (TPSA) is 3.24 Å². The van der Waals surface area contributed by atoms with Crippen LogP contribution in [-0.2, 0) is 5.88 Å². The largest absolute Gasteiger partial charge is 0.344 e. The van der Waals surface area contributed by atoms with Gasteiger partial charge in [0.15, 0.2) is 0 Å². The maximum Gasteiger partial charge on any atom is 0.0495 e. The average Bonchev–Trinajstić information content (AvgIpc) is 2.38. The van der Waals surface area contributed by atoms with E-state index in [4.69, 9.17) is 23.2 Å². The number of hydrogen-bond donors (Lipinski definition) is 0. The molecule has 0 atom stereocenters. The lowest BCUT2D eigenvalue weighted by Crippen LogP contribution is -2.12. The Morgan fingerprint density at radius 1 is 1.06 bits per heavy atom. The van der Waals surface area contributed by atoms with E-state index in [0.717, 1.165) is 11.3 Å². The Morgan fingerprint density at radius 2 is 1.78 bits per heavy atom.